The summed E-state index contributed by atoms with van der Waals surface area (Å²) in [7, 11) is 2.43. The number of nitrogens with zero attached hydrogens (tertiary/aromatic N) is 8. The van der Waals surface area contributed by atoms with Crippen LogP contribution < -0.4 is 5.73 Å². The molecule has 3 N–H and O–H groups in total. The number of alkyl halides is 4. The molecule has 22 heteroatoms. The summed E-state index contributed by atoms with van der Waals surface area (Å²) in [4.78, 5) is 92.3. The molecule has 0 saturated heterocycles. The number of Topliss-reactive ketones (excluding diaryl/α,β-unsaturated/α-hetero) is 2. The topological polar surface area (TPSA) is 270 Å². The van der Waals surface area contributed by atoms with Gasteiger partial charge in [0.05, 0.1) is 63.8 Å². The van der Waals surface area contributed by atoms with Crippen molar-refractivity contribution in [1.82, 2.24) is 39.9 Å². The quantitative estimate of drug-likeness (QED) is 0.149. The molecule has 4 rings (SSSR count). The molecule has 0 saturated carbocycles. The number of primary amides is 1. The van der Waals surface area contributed by atoms with Crippen molar-refractivity contribution >= 4 is 35.4 Å². The molecule has 0 fully saturated rings. The first kappa shape index (κ1) is 43.3. The highest BCUT2D eigenvalue weighted by molar-refractivity contribution is 5.94. The van der Waals surface area contributed by atoms with Gasteiger partial charge in [0.1, 0.15) is 28.5 Å². The van der Waals surface area contributed by atoms with Crippen molar-refractivity contribution in [1.29, 1.82) is 0 Å². The zero-order valence-electron chi connectivity index (χ0n) is 28.0. The van der Waals surface area contributed by atoms with E-state index in [0.717, 1.165) is 24.8 Å². The lowest BCUT2D eigenvalue weighted by Crippen LogP contribution is -2.14. The van der Waals surface area contributed by atoms with Gasteiger partial charge in [0.2, 0.25) is 0 Å². The molecular formula is C30H29F4N9O9. The Morgan fingerprint density at radius 2 is 0.827 bits per heavy atom. The number of carbonyl (C=O) groups excluding carboxylic acids is 5. The predicted molar refractivity (Wildman–Crippen MR) is 165 cm³/mol. The zero-order valence-corrected chi connectivity index (χ0v) is 28.0. The van der Waals surface area contributed by atoms with Gasteiger partial charge in [0.15, 0.2) is 28.6 Å². The number of nitrogens with two attached hydrogens (primary N) is 1. The first-order valence-electron chi connectivity index (χ1n) is 13.9. The average Bonchev–Trinajstić information content (AvgIpc) is 3.11. The van der Waals surface area contributed by atoms with Crippen LogP contribution in [0.25, 0.3) is 0 Å². The molecule has 0 aliphatic heterocycles. The van der Waals surface area contributed by atoms with E-state index in [1.807, 2.05) is 0 Å². The second kappa shape index (κ2) is 19.4. The van der Waals surface area contributed by atoms with Crippen molar-refractivity contribution in [3.63, 3.8) is 0 Å². The lowest BCUT2D eigenvalue weighted by molar-refractivity contribution is 0.0116. The van der Waals surface area contributed by atoms with Crippen LogP contribution in [0.2, 0.25) is 0 Å². The number of halogens is 4. The standard InChI is InChI=1S/C8H8F2N2O2.C8H8N2O3.C7H6F2N2O2.C7H7N3O2/c1-8(9,10)6-4-11-5(3-12-6)7(13)14-2;1-5(11)6-3-10-7(4-9-6)8(12)13-2;1-7(8,9)5-3-10-4(2-11-5)6(12)13;1-4(11)5-2-10-6(3-9-5)7(8)12/h3-4H,1-2H3;3-4H,1-2H3;2-3H,1H3,(H,12,13);2-3H,1H3,(H2,8,12). The van der Waals surface area contributed by atoms with Gasteiger partial charge in [-0.15, -0.1) is 0 Å². The van der Waals surface area contributed by atoms with Crippen LogP contribution in [-0.4, -0.2) is 94.6 Å². The fourth-order valence-corrected chi connectivity index (χ4v) is 2.79. The molecule has 18 nitrogen and oxygen atoms in total. The molecule has 0 bridgehead atoms. The van der Waals surface area contributed by atoms with Crippen LogP contribution in [0.15, 0.2) is 49.6 Å². The maximum atomic E-state index is 12.7. The minimum Gasteiger partial charge on any atom is -0.476 e. The van der Waals surface area contributed by atoms with Gasteiger partial charge in [0, 0.05) is 27.7 Å². The summed E-state index contributed by atoms with van der Waals surface area (Å²) in [6.45, 7) is 4.11. The Bertz CT molecular complexity index is 1820. The monoisotopic (exact) mass is 735 g/mol. The number of ketones is 2. The van der Waals surface area contributed by atoms with E-state index in [-0.39, 0.29) is 45.7 Å². The lowest BCUT2D eigenvalue weighted by atomic mass is 10.3. The Kier molecular flexibility index (Phi) is 16.2. The molecule has 4 aromatic rings. The summed E-state index contributed by atoms with van der Waals surface area (Å²) in [5, 5.41) is 8.39. The molecule has 0 aliphatic carbocycles. The summed E-state index contributed by atoms with van der Waals surface area (Å²) in [6.07, 6.45) is 8.22. The molecule has 276 valence electrons. The Balaban J connectivity index is 0.000000347. The van der Waals surface area contributed by atoms with Gasteiger partial charge in [-0.2, -0.15) is 17.6 Å². The van der Waals surface area contributed by atoms with E-state index in [2.05, 4.69) is 49.3 Å². The smallest absolute Gasteiger partial charge is 0.358 e. The summed E-state index contributed by atoms with van der Waals surface area (Å²) >= 11 is 0. The molecule has 0 radical (unpaired) electrons. The number of carboxylic acids is 1. The van der Waals surface area contributed by atoms with Crippen molar-refractivity contribution in [2.45, 2.75) is 39.5 Å². The van der Waals surface area contributed by atoms with Gasteiger partial charge in [0.25, 0.3) is 17.8 Å². The third kappa shape index (κ3) is 14.4. The molecule has 0 unspecified atom stereocenters. The number of amides is 1. The molecule has 4 aromatic heterocycles. The minimum atomic E-state index is -3.09. The number of aromatic nitrogens is 8. The van der Waals surface area contributed by atoms with Gasteiger partial charge in [-0.1, -0.05) is 0 Å². The number of rotatable bonds is 8. The van der Waals surface area contributed by atoms with E-state index >= 15 is 0 Å². The number of hydrogen-bond acceptors (Lipinski definition) is 16. The molecule has 52 heavy (non-hydrogen) atoms. The van der Waals surface area contributed by atoms with Crippen molar-refractivity contribution in [2.24, 2.45) is 5.73 Å². The number of esters is 2. The van der Waals surface area contributed by atoms with Gasteiger partial charge in [-0.25, -0.2) is 44.3 Å². The third-order valence-corrected chi connectivity index (χ3v) is 5.49. The summed E-state index contributed by atoms with van der Waals surface area (Å²) in [5.41, 5.74) is 4.04. The molecule has 4 heterocycles. The van der Waals surface area contributed by atoms with Gasteiger partial charge in [-0.3, -0.25) is 24.4 Å². The van der Waals surface area contributed by atoms with E-state index in [9.17, 15) is 46.3 Å². The SMILES string of the molecule is CC(=O)c1cnc(C(N)=O)cn1.CC(F)(F)c1cnc(C(=O)O)cn1.COC(=O)c1cnc(C(C)(F)F)cn1.COC(=O)c1cnc(C(C)=O)cn1. The van der Waals surface area contributed by atoms with E-state index in [1.165, 1.54) is 52.9 Å². The molecule has 0 aromatic carbocycles. The van der Waals surface area contributed by atoms with Crippen LogP contribution in [-0.2, 0) is 21.3 Å². The molecule has 0 spiro atoms. The normalized spacial score (nSPS) is 10.3. The van der Waals surface area contributed by atoms with E-state index in [4.69, 9.17) is 10.8 Å². The number of hydrogen-bond donors (Lipinski definition) is 2. The molecular weight excluding hydrogens is 706 g/mol. The Labute approximate surface area is 290 Å². The van der Waals surface area contributed by atoms with Crippen LogP contribution >= 0.6 is 0 Å². The van der Waals surface area contributed by atoms with Gasteiger partial charge < -0.3 is 20.3 Å². The highest BCUT2D eigenvalue weighted by Crippen LogP contribution is 2.24. The van der Waals surface area contributed by atoms with Crippen LogP contribution in [0.1, 0.15) is 102 Å². The molecule has 0 atom stereocenters. The molecule has 1 amide bonds. The third-order valence-electron chi connectivity index (χ3n) is 5.49. The largest absolute Gasteiger partial charge is 0.476 e. The number of carbonyl (C=O) groups is 6. The van der Waals surface area contributed by atoms with Gasteiger partial charge >= 0.3 is 17.9 Å². The van der Waals surface area contributed by atoms with Gasteiger partial charge in [-0.05, 0) is 0 Å². The van der Waals surface area contributed by atoms with Crippen LogP contribution in [0.4, 0.5) is 17.6 Å². The fraction of sp³-hybridized carbons (Fsp3) is 0.267. The van der Waals surface area contributed by atoms with Crippen LogP contribution in [0.5, 0.6) is 0 Å². The highest BCUT2D eigenvalue weighted by atomic mass is 19.3. The van der Waals surface area contributed by atoms with E-state index < -0.39 is 47.0 Å². The second-order valence-electron chi connectivity index (χ2n) is 9.69. The average molecular weight is 736 g/mol. The number of ether oxygens (including phenoxy) is 2. The van der Waals surface area contributed by atoms with Crippen molar-refractivity contribution < 1.29 is 60.9 Å². The summed E-state index contributed by atoms with van der Waals surface area (Å²) in [5.74, 6) is -9.75. The Morgan fingerprint density at radius 1 is 0.538 bits per heavy atom. The van der Waals surface area contributed by atoms with Crippen molar-refractivity contribution in [2.75, 3.05) is 14.2 Å². The fourth-order valence-electron chi connectivity index (χ4n) is 2.79. The number of carboxylic acid groups (broad SMARTS) is 1. The minimum absolute atomic E-state index is 0.0556. The Hall–Kier alpha value is -6.74. The predicted octanol–water partition coefficient (Wildman–Crippen LogP) is 2.91. The van der Waals surface area contributed by atoms with Crippen molar-refractivity contribution in [3.05, 3.63) is 95.1 Å². The highest BCUT2D eigenvalue weighted by Gasteiger charge is 2.27. The van der Waals surface area contributed by atoms with E-state index in [1.54, 1.807) is 0 Å². The number of methoxy groups -OCH3 is 2. The molecule has 0 aliphatic rings. The maximum absolute atomic E-state index is 12.7. The van der Waals surface area contributed by atoms with Crippen molar-refractivity contribution in [3.8, 4) is 0 Å². The first-order valence-corrected chi connectivity index (χ1v) is 13.9. The maximum Gasteiger partial charge on any atom is 0.358 e. The summed E-state index contributed by atoms with van der Waals surface area (Å²) in [6, 6.07) is 0. The Morgan fingerprint density at radius 3 is 1.06 bits per heavy atom. The zero-order chi connectivity index (χ0) is 39.8. The second-order valence-corrected chi connectivity index (χ2v) is 9.69. The van der Waals surface area contributed by atoms with Crippen LogP contribution in [0, 0.1) is 0 Å². The summed E-state index contributed by atoms with van der Waals surface area (Å²) < 4.78 is 59.1. The van der Waals surface area contributed by atoms with Crippen LogP contribution in [0.3, 0.4) is 0 Å². The first-order chi connectivity index (χ1) is 24.1. The van der Waals surface area contributed by atoms with E-state index in [0.29, 0.717) is 13.8 Å². The lowest BCUT2D eigenvalue weighted by Gasteiger charge is -2.08. The number of aromatic carboxylic acids is 1.